The van der Waals surface area contributed by atoms with Crippen molar-refractivity contribution in [2.75, 3.05) is 31.1 Å². The highest BCUT2D eigenvalue weighted by Crippen LogP contribution is 2.17. The van der Waals surface area contributed by atoms with Crippen LogP contribution in [0.25, 0.3) is 0 Å². The van der Waals surface area contributed by atoms with Gasteiger partial charge in [-0.15, -0.1) is 0 Å². The minimum atomic E-state index is -0.462. The third-order valence-corrected chi connectivity index (χ3v) is 4.39. The van der Waals surface area contributed by atoms with Crippen molar-refractivity contribution in [1.82, 2.24) is 4.90 Å². The number of carbonyl (C=O) groups is 1. The Balaban J connectivity index is 1.53. The summed E-state index contributed by atoms with van der Waals surface area (Å²) < 4.78 is 5.79. The highest BCUT2D eigenvalue weighted by atomic mass is 16.5. The van der Waals surface area contributed by atoms with E-state index >= 15 is 0 Å². The topological polar surface area (TPSA) is 32.8 Å². The minimum absolute atomic E-state index is 0.0586. The molecule has 1 heterocycles. The Bertz CT molecular complexity index is 662. The molecule has 4 heteroatoms. The molecule has 4 nitrogen and oxygen atoms in total. The van der Waals surface area contributed by atoms with Gasteiger partial charge in [-0.05, 0) is 38.1 Å². The van der Waals surface area contributed by atoms with E-state index in [1.807, 2.05) is 61.2 Å². The van der Waals surface area contributed by atoms with E-state index in [1.165, 1.54) is 11.3 Å². The maximum atomic E-state index is 12.6. The smallest absolute Gasteiger partial charge is 0.263 e. The summed E-state index contributed by atoms with van der Waals surface area (Å²) in [5, 5.41) is 0. The number of carbonyl (C=O) groups excluding carboxylic acids is 1. The van der Waals surface area contributed by atoms with Crippen LogP contribution in [0.5, 0.6) is 5.75 Å². The largest absolute Gasteiger partial charge is 0.481 e. The minimum Gasteiger partial charge on any atom is -0.481 e. The van der Waals surface area contributed by atoms with E-state index in [0.29, 0.717) is 0 Å². The average molecular weight is 324 g/mol. The van der Waals surface area contributed by atoms with Crippen LogP contribution >= 0.6 is 0 Å². The van der Waals surface area contributed by atoms with Crippen molar-refractivity contribution < 1.29 is 9.53 Å². The van der Waals surface area contributed by atoms with Crippen LogP contribution in [-0.4, -0.2) is 43.1 Å². The molecular weight excluding hydrogens is 300 g/mol. The van der Waals surface area contributed by atoms with E-state index in [-0.39, 0.29) is 5.91 Å². The number of amides is 1. The lowest BCUT2D eigenvalue weighted by molar-refractivity contribution is -0.138. The monoisotopic (exact) mass is 324 g/mol. The number of hydrogen-bond donors (Lipinski definition) is 0. The highest BCUT2D eigenvalue weighted by Gasteiger charge is 2.26. The van der Waals surface area contributed by atoms with Crippen LogP contribution < -0.4 is 9.64 Å². The first kappa shape index (κ1) is 16.4. The van der Waals surface area contributed by atoms with Gasteiger partial charge in [-0.2, -0.15) is 0 Å². The Morgan fingerprint density at radius 3 is 2.21 bits per heavy atom. The molecule has 1 aliphatic rings. The lowest BCUT2D eigenvalue weighted by atomic mass is 10.2. The molecule has 1 saturated heterocycles. The molecular formula is C20H24N2O2. The second kappa shape index (κ2) is 7.39. The molecule has 1 fully saturated rings. The zero-order chi connectivity index (χ0) is 16.9. The summed E-state index contributed by atoms with van der Waals surface area (Å²) in [5.74, 6) is 0.799. The van der Waals surface area contributed by atoms with Crippen molar-refractivity contribution in [3.05, 3.63) is 60.2 Å². The van der Waals surface area contributed by atoms with E-state index < -0.39 is 6.10 Å². The fourth-order valence-corrected chi connectivity index (χ4v) is 2.95. The lowest BCUT2D eigenvalue weighted by Gasteiger charge is -2.37. The number of rotatable bonds is 4. The van der Waals surface area contributed by atoms with Gasteiger partial charge in [0.2, 0.25) is 0 Å². The molecule has 0 spiro atoms. The summed E-state index contributed by atoms with van der Waals surface area (Å²) in [7, 11) is 0. The molecule has 0 unspecified atom stereocenters. The summed E-state index contributed by atoms with van der Waals surface area (Å²) in [6, 6.07) is 18.1. The maximum absolute atomic E-state index is 12.6. The van der Waals surface area contributed by atoms with Crippen LogP contribution in [0.15, 0.2) is 54.6 Å². The summed E-state index contributed by atoms with van der Waals surface area (Å²) in [6.45, 7) is 7.03. The zero-order valence-electron chi connectivity index (χ0n) is 14.3. The van der Waals surface area contributed by atoms with Gasteiger partial charge in [-0.3, -0.25) is 4.79 Å². The third kappa shape index (κ3) is 3.88. The standard InChI is InChI=1S/C20H24N2O2/c1-16-8-10-19(11-9-16)24-17(2)20(23)22-14-12-21(13-15-22)18-6-4-3-5-7-18/h3-11,17H,12-15H2,1-2H3/t17-/m0/s1. The van der Waals surface area contributed by atoms with Crippen molar-refractivity contribution in [3.8, 4) is 5.75 Å². The number of ether oxygens (including phenoxy) is 1. The lowest BCUT2D eigenvalue weighted by Crippen LogP contribution is -2.52. The summed E-state index contributed by atoms with van der Waals surface area (Å²) >= 11 is 0. The van der Waals surface area contributed by atoms with Crippen LogP contribution in [0.3, 0.4) is 0 Å². The van der Waals surface area contributed by atoms with Crippen molar-refractivity contribution in [3.63, 3.8) is 0 Å². The second-order valence-corrected chi connectivity index (χ2v) is 6.22. The molecule has 2 aromatic carbocycles. The van der Waals surface area contributed by atoms with Crippen LogP contribution in [-0.2, 0) is 4.79 Å². The second-order valence-electron chi connectivity index (χ2n) is 6.22. The quantitative estimate of drug-likeness (QED) is 0.866. The fraction of sp³-hybridized carbons (Fsp3) is 0.350. The van der Waals surface area contributed by atoms with Gasteiger partial charge in [0, 0.05) is 31.9 Å². The Hall–Kier alpha value is -2.49. The Morgan fingerprint density at radius 1 is 0.958 bits per heavy atom. The van der Waals surface area contributed by atoms with Crippen LogP contribution in [0.1, 0.15) is 12.5 Å². The molecule has 1 amide bonds. The summed E-state index contributed by atoms with van der Waals surface area (Å²) in [6.07, 6.45) is -0.462. The SMILES string of the molecule is Cc1ccc(O[C@@H](C)C(=O)N2CCN(c3ccccc3)CC2)cc1. The van der Waals surface area contributed by atoms with Gasteiger partial charge in [0.1, 0.15) is 5.75 Å². The number of piperazine rings is 1. The van der Waals surface area contributed by atoms with Gasteiger partial charge < -0.3 is 14.5 Å². The molecule has 0 N–H and O–H groups in total. The molecule has 3 rings (SSSR count). The van der Waals surface area contributed by atoms with Crippen LogP contribution in [0.2, 0.25) is 0 Å². The Labute approximate surface area is 143 Å². The van der Waals surface area contributed by atoms with E-state index in [2.05, 4.69) is 17.0 Å². The predicted molar refractivity (Wildman–Crippen MR) is 96.5 cm³/mol. The van der Waals surface area contributed by atoms with Crippen molar-refractivity contribution in [2.45, 2.75) is 20.0 Å². The van der Waals surface area contributed by atoms with E-state index in [9.17, 15) is 4.79 Å². The van der Waals surface area contributed by atoms with Gasteiger partial charge in [-0.25, -0.2) is 0 Å². The van der Waals surface area contributed by atoms with E-state index in [0.717, 1.165) is 31.9 Å². The molecule has 24 heavy (non-hydrogen) atoms. The molecule has 1 aliphatic heterocycles. The molecule has 0 aliphatic carbocycles. The number of aryl methyl sites for hydroxylation is 1. The van der Waals surface area contributed by atoms with Crippen LogP contribution in [0, 0.1) is 6.92 Å². The van der Waals surface area contributed by atoms with Crippen LogP contribution in [0.4, 0.5) is 5.69 Å². The van der Waals surface area contributed by atoms with Gasteiger partial charge in [0.25, 0.3) is 5.91 Å². The molecule has 0 aromatic heterocycles. The van der Waals surface area contributed by atoms with Crippen molar-refractivity contribution >= 4 is 11.6 Å². The van der Waals surface area contributed by atoms with Gasteiger partial charge in [0.15, 0.2) is 6.10 Å². The number of benzene rings is 2. The molecule has 2 aromatic rings. The van der Waals surface area contributed by atoms with E-state index in [1.54, 1.807) is 0 Å². The third-order valence-electron chi connectivity index (χ3n) is 4.39. The Morgan fingerprint density at radius 2 is 1.58 bits per heavy atom. The number of nitrogens with zero attached hydrogens (tertiary/aromatic N) is 2. The first-order chi connectivity index (χ1) is 11.6. The summed E-state index contributed by atoms with van der Waals surface area (Å²) in [4.78, 5) is 16.8. The molecule has 0 radical (unpaired) electrons. The number of para-hydroxylation sites is 1. The summed E-state index contributed by atoms with van der Waals surface area (Å²) in [5.41, 5.74) is 2.40. The molecule has 0 saturated carbocycles. The van der Waals surface area contributed by atoms with Crippen molar-refractivity contribution in [2.24, 2.45) is 0 Å². The van der Waals surface area contributed by atoms with Gasteiger partial charge in [0.05, 0.1) is 0 Å². The average Bonchev–Trinajstić information content (AvgIpc) is 2.64. The van der Waals surface area contributed by atoms with Gasteiger partial charge >= 0.3 is 0 Å². The first-order valence-corrected chi connectivity index (χ1v) is 8.45. The zero-order valence-corrected chi connectivity index (χ0v) is 14.3. The van der Waals surface area contributed by atoms with E-state index in [4.69, 9.17) is 4.74 Å². The fourth-order valence-electron chi connectivity index (χ4n) is 2.95. The number of hydrogen-bond acceptors (Lipinski definition) is 3. The normalized spacial score (nSPS) is 15.9. The molecule has 1 atom stereocenters. The Kier molecular flexibility index (Phi) is 5.04. The molecule has 126 valence electrons. The maximum Gasteiger partial charge on any atom is 0.263 e. The number of anilines is 1. The predicted octanol–water partition coefficient (Wildman–Crippen LogP) is 3.11. The highest BCUT2D eigenvalue weighted by molar-refractivity contribution is 5.81. The van der Waals surface area contributed by atoms with Crippen molar-refractivity contribution in [1.29, 1.82) is 0 Å². The molecule has 0 bridgehead atoms. The van der Waals surface area contributed by atoms with Gasteiger partial charge in [-0.1, -0.05) is 35.9 Å². The first-order valence-electron chi connectivity index (χ1n) is 8.45.